The Morgan fingerprint density at radius 2 is 1.94 bits per heavy atom. The Hall–Kier alpha value is -4.59. The van der Waals surface area contributed by atoms with Crippen LogP contribution in [0.15, 0.2) is 47.0 Å². The van der Waals surface area contributed by atoms with Crippen LogP contribution >= 0.6 is 0 Å². The molecule has 0 aliphatic carbocycles. The zero-order valence-corrected chi connectivity index (χ0v) is 18.8. The number of aromatic nitrogens is 1. The molecule has 3 aromatic rings. The number of aryl methyl sites for hydroxylation is 1. The fraction of sp³-hybridized carbons (Fsp3) is 0.200. The molecule has 2 heterocycles. The van der Waals surface area contributed by atoms with Gasteiger partial charge in [-0.1, -0.05) is 18.1 Å². The maximum absolute atomic E-state index is 13.5. The number of carbonyl (C=O) groups excluding carboxylic acids is 3. The van der Waals surface area contributed by atoms with E-state index < -0.39 is 29.5 Å². The van der Waals surface area contributed by atoms with Gasteiger partial charge in [0.15, 0.2) is 11.5 Å². The van der Waals surface area contributed by atoms with Gasteiger partial charge in [0.2, 0.25) is 0 Å². The smallest absolute Gasteiger partial charge is 0.416 e. The standard InChI is InChI=1S/C25H18F3N3O5/c1-14-2-3-17(11-16(14)4-5-20-13-30-23(36-20)22(29)33)21(32)10-15-8-18(25(26,27)28)12-19(9-15)31-6-7-35-24(31)34/h2-3,8-9,11-13H,6-7,10H2,1H3,(H2,29,33). The van der Waals surface area contributed by atoms with E-state index in [1.54, 1.807) is 19.1 Å². The van der Waals surface area contributed by atoms with E-state index in [4.69, 9.17) is 14.9 Å². The molecule has 1 aliphatic heterocycles. The first kappa shape index (κ1) is 24.5. The van der Waals surface area contributed by atoms with Gasteiger partial charge in [-0.15, -0.1) is 0 Å². The minimum Gasteiger partial charge on any atom is -0.447 e. The Bertz CT molecular complexity index is 1430. The number of nitrogens with zero attached hydrogens (tertiary/aromatic N) is 2. The predicted molar refractivity (Wildman–Crippen MR) is 120 cm³/mol. The first-order valence-corrected chi connectivity index (χ1v) is 10.6. The normalized spacial score (nSPS) is 13.2. The lowest BCUT2D eigenvalue weighted by Gasteiger charge is -2.17. The van der Waals surface area contributed by atoms with Crippen molar-refractivity contribution in [1.29, 1.82) is 0 Å². The number of halogens is 3. The number of nitrogens with two attached hydrogens (primary N) is 1. The van der Waals surface area contributed by atoms with E-state index >= 15 is 0 Å². The Labute approximate surface area is 202 Å². The van der Waals surface area contributed by atoms with Crippen LogP contribution in [0, 0.1) is 18.8 Å². The highest BCUT2D eigenvalue weighted by molar-refractivity contribution is 5.98. The summed E-state index contributed by atoms with van der Waals surface area (Å²) in [6, 6.07) is 7.83. The molecule has 0 radical (unpaired) electrons. The van der Waals surface area contributed by atoms with E-state index in [1.807, 2.05) is 0 Å². The van der Waals surface area contributed by atoms with Gasteiger partial charge in [0, 0.05) is 23.2 Å². The van der Waals surface area contributed by atoms with Gasteiger partial charge >= 0.3 is 18.2 Å². The Kier molecular flexibility index (Phi) is 6.53. The number of oxazole rings is 1. The number of ketones is 1. The molecule has 2 amide bonds. The number of primary amides is 1. The second kappa shape index (κ2) is 9.58. The molecule has 1 aliphatic rings. The van der Waals surface area contributed by atoms with E-state index in [2.05, 4.69) is 16.8 Å². The molecular formula is C25H18F3N3O5. The number of cyclic esters (lactones) is 1. The maximum Gasteiger partial charge on any atom is 0.416 e. The number of benzene rings is 2. The SMILES string of the molecule is Cc1ccc(C(=O)Cc2cc(N3CCOC3=O)cc(C(F)(F)F)c2)cc1C#Cc1cnc(C(N)=O)o1. The molecule has 0 spiro atoms. The second-order valence-corrected chi connectivity index (χ2v) is 7.93. The molecule has 11 heteroatoms. The number of alkyl halides is 3. The number of ether oxygens (including phenoxy) is 1. The number of hydrogen-bond acceptors (Lipinski definition) is 6. The lowest BCUT2D eigenvalue weighted by Crippen LogP contribution is -2.24. The minimum absolute atomic E-state index is 0.00738. The summed E-state index contributed by atoms with van der Waals surface area (Å²) in [4.78, 5) is 40.7. The minimum atomic E-state index is -4.67. The molecule has 1 aromatic heterocycles. The number of carbonyl (C=O) groups is 3. The largest absolute Gasteiger partial charge is 0.447 e. The maximum atomic E-state index is 13.5. The van der Waals surface area contributed by atoms with Crippen LogP contribution in [0.5, 0.6) is 0 Å². The van der Waals surface area contributed by atoms with Crippen molar-refractivity contribution in [2.45, 2.75) is 19.5 Å². The first-order chi connectivity index (χ1) is 17.0. The van der Waals surface area contributed by atoms with Gasteiger partial charge < -0.3 is 14.9 Å². The molecule has 184 valence electrons. The van der Waals surface area contributed by atoms with Gasteiger partial charge in [0.25, 0.3) is 5.89 Å². The summed E-state index contributed by atoms with van der Waals surface area (Å²) in [5.74, 6) is 4.04. The predicted octanol–water partition coefficient (Wildman–Crippen LogP) is 3.88. The van der Waals surface area contributed by atoms with Gasteiger partial charge in [-0.3, -0.25) is 14.5 Å². The average Bonchev–Trinajstić information content (AvgIpc) is 3.47. The summed E-state index contributed by atoms with van der Waals surface area (Å²) in [6.45, 7) is 1.94. The van der Waals surface area contributed by atoms with Gasteiger partial charge in [-0.25, -0.2) is 9.78 Å². The summed E-state index contributed by atoms with van der Waals surface area (Å²) >= 11 is 0. The van der Waals surface area contributed by atoms with E-state index in [0.717, 1.165) is 22.6 Å². The summed E-state index contributed by atoms with van der Waals surface area (Å²) in [5.41, 5.74) is 5.67. The molecule has 2 N–H and O–H groups in total. The van der Waals surface area contributed by atoms with Gasteiger partial charge in [-0.2, -0.15) is 13.2 Å². The van der Waals surface area contributed by atoms with Crippen molar-refractivity contribution in [2.75, 3.05) is 18.1 Å². The first-order valence-electron chi connectivity index (χ1n) is 10.6. The van der Waals surface area contributed by atoms with Crippen LogP contribution < -0.4 is 10.6 Å². The van der Waals surface area contributed by atoms with Crippen LogP contribution in [0.3, 0.4) is 0 Å². The number of Topliss-reactive ketones (excluding diaryl/α,β-unsaturated/α-hetero) is 1. The van der Waals surface area contributed by atoms with Crippen molar-refractivity contribution >= 4 is 23.5 Å². The molecule has 0 atom stereocenters. The highest BCUT2D eigenvalue weighted by atomic mass is 19.4. The zero-order chi connectivity index (χ0) is 26.0. The van der Waals surface area contributed by atoms with Crippen molar-refractivity contribution in [1.82, 2.24) is 4.98 Å². The zero-order valence-electron chi connectivity index (χ0n) is 18.8. The highest BCUT2D eigenvalue weighted by Crippen LogP contribution is 2.34. The third-order valence-corrected chi connectivity index (χ3v) is 5.34. The van der Waals surface area contributed by atoms with Gasteiger partial charge in [0.05, 0.1) is 18.3 Å². The molecule has 0 saturated carbocycles. The lowest BCUT2D eigenvalue weighted by molar-refractivity contribution is -0.137. The van der Waals surface area contributed by atoms with Crippen molar-refractivity contribution in [2.24, 2.45) is 5.73 Å². The van der Waals surface area contributed by atoms with E-state index in [1.165, 1.54) is 18.3 Å². The second-order valence-electron chi connectivity index (χ2n) is 7.93. The molecule has 0 bridgehead atoms. The number of rotatable bonds is 5. The van der Waals surface area contributed by atoms with Crippen LogP contribution in [-0.4, -0.2) is 35.9 Å². The van der Waals surface area contributed by atoms with E-state index in [9.17, 15) is 27.6 Å². The Morgan fingerprint density at radius 3 is 2.58 bits per heavy atom. The van der Waals surface area contributed by atoms with Crippen LogP contribution in [0.25, 0.3) is 0 Å². The third-order valence-electron chi connectivity index (χ3n) is 5.34. The van der Waals surface area contributed by atoms with Crippen LogP contribution in [0.4, 0.5) is 23.7 Å². The third kappa shape index (κ3) is 5.38. The molecule has 4 rings (SSSR count). The fourth-order valence-electron chi connectivity index (χ4n) is 3.52. The van der Waals surface area contributed by atoms with Crippen LogP contribution in [0.1, 0.15) is 49.1 Å². The number of amides is 2. The van der Waals surface area contributed by atoms with Crippen LogP contribution in [0.2, 0.25) is 0 Å². The summed E-state index contributed by atoms with van der Waals surface area (Å²) in [7, 11) is 0. The summed E-state index contributed by atoms with van der Waals surface area (Å²) in [5, 5.41) is 0. The Balaban J connectivity index is 1.61. The molecule has 2 aromatic carbocycles. The van der Waals surface area contributed by atoms with Crippen molar-refractivity contribution in [3.63, 3.8) is 0 Å². The average molecular weight is 497 g/mol. The monoisotopic (exact) mass is 497 g/mol. The molecular weight excluding hydrogens is 479 g/mol. The van der Waals surface area contributed by atoms with Crippen molar-refractivity contribution in [3.8, 4) is 11.8 Å². The van der Waals surface area contributed by atoms with Gasteiger partial charge in [0.1, 0.15) is 6.61 Å². The molecule has 0 unspecified atom stereocenters. The number of anilines is 1. The lowest BCUT2D eigenvalue weighted by atomic mass is 9.97. The molecule has 36 heavy (non-hydrogen) atoms. The van der Waals surface area contributed by atoms with E-state index in [-0.39, 0.29) is 48.0 Å². The summed E-state index contributed by atoms with van der Waals surface area (Å²) in [6.07, 6.45) is -4.51. The quantitative estimate of drug-likeness (QED) is 0.423. The van der Waals surface area contributed by atoms with E-state index in [0.29, 0.717) is 5.56 Å². The Morgan fingerprint density at radius 1 is 1.17 bits per heavy atom. The topological polar surface area (TPSA) is 116 Å². The molecule has 8 nitrogen and oxygen atoms in total. The molecule has 1 saturated heterocycles. The van der Waals surface area contributed by atoms with Crippen LogP contribution in [-0.2, 0) is 17.3 Å². The fourth-order valence-corrected chi connectivity index (χ4v) is 3.52. The summed E-state index contributed by atoms with van der Waals surface area (Å²) < 4.78 is 50.4. The highest BCUT2D eigenvalue weighted by Gasteiger charge is 2.33. The van der Waals surface area contributed by atoms with Crippen molar-refractivity contribution in [3.05, 3.63) is 82.1 Å². The number of hydrogen-bond donors (Lipinski definition) is 1. The molecule has 1 fully saturated rings. The van der Waals surface area contributed by atoms with Gasteiger partial charge in [-0.05, 0) is 48.2 Å². The van der Waals surface area contributed by atoms with Crippen molar-refractivity contribution < 1.29 is 36.7 Å².